The van der Waals surface area contributed by atoms with Crippen molar-refractivity contribution in [1.82, 2.24) is 9.78 Å². The Hall–Kier alpha value is -1.48. The molecule has 4 heteroatoms. The minimum absolute atomic E-state index is 0.748. The largest absolute Gasteiger partial charge is 0.371 e. The Morgan fingerprint density at radius 1 is 1.18 bits per heavy atom. The third kappa shape index (κ3) is 2.03. The van der Waals surface area contributed by atoms with Crippen LogP contribution in [0.5, 0.6) is 0 Å². The Labute approximate surface area is 106 Å². The fourth-order valence-electron chi connectivity index (χ4n) is 2.26. The number of anilines is 1. The van der Waals surface area contributed by atoms with Crippen LogP contribution in [0.1, 0.15) is 12.8 Å². The van der Waals surface area contributed by atoms with Gasteiger partial charge in [0.2, 0.25) is 0 Å². The molecule has 17 heavy (non-hydrogen) atoms. The molecule has 0 bridgehead atoms. The highest BCUT2D eigenvalue weighted by Crippen LogP contribution is 2.28. The molecule has 1 saturated heterocycles. The van der Waals surface area contributed by atoms with Crippen molar-refractivity contribution in [3.05, 3.63) is 41.7 Å². The van der Waals surface area contributed by atoms with Crippen LogP contribution in [-0.2, 0) is 0 Å². The summed E-state index contributed by atoms with van der Waals surface area (Å²) in [6.45, 7) is 2.27. The second kappa shape index (κ2) is 4.41. The second-order valence-electron chi connectivity index (χ2n) is 4.28. The number of aromatic nitrogens is 2. The van der Waals surface area contributed by atoms with Gasteiger partial charge in [0.05, 0.1) is 10.7 Å². The highest BCUT2D eigenvalue weighted by molar-refractivity contribution is 6.32. The predicted octanol–water partition coefficient (Wildman–Crippen LogP) is 3.13. The molecule has 2 aromatic rings. The van der Waals surface area contributed by atoms with Gasteiger partial charge < -0.3 is 4.90 Å². The molecular weight excluding hydrogens is 234 g/mol. The number of hydrogen-bond acceptors (Lipinski definition) is 2. The lowest BCUT2D eigenvalue weighted by Crippen LogP contribution is -2.17. The van der Waals surface area contributed by atoms with Gasteiger partial charge in [0, 0.05) is 31.2 Å². The Balaban J connectivity index is 1.94. The maximum atomic E-state index is 6.31. The van der Waals surface area contributed by atoms with E-state index in [2.05, 4.69) is 16.1 Å². The zero-order valence-electron chi connectivity index (χ0n) is 9.51. The van der Waals surface area contributed by atoms with Gasteiger partial charge in [0.15, 0.2) is 0 Å². The number of nitrogens with zero attached hydrogens (tertiary/aromatic N) is 3. The Morgan fingerprint density at radius 2 is 2.00 bits per heavy atom. The lowest BCUT2D eigenvalue weighted by Gasteiger charge is -2.18. The molecule has 0 radical (unpaired) electrons. The summed E-state index contributed by atoms with van der Waals surface area (Å²) in [7, 11) is 0. The van der Waals surface area contributed by atoms with Gasteiger partial charge in [-0.2, -0.15) is 5.10 Å². The molecule has 1 aromatic carbocycles. The first-order chi connectivity index (χ1) is 8.34. The summed E-state index contributed by atoms with van der Waals surface area (Å²) in [6.07, 6.45) is 6.21. The molecule has 2 heterocycles. The van der Waals surface area contributed by atoms with E-state index in [1.807, 2.05) is 24.4 Å². The van der Waals surface area contributed by atoms with Crippen molar-refractivity contribution in [2.45, 2.75) is 12.8 Å². The van der Waals surface area contributed by atoms with Crippen molar-refractivity contribution < 1.29 is 0 Å². The van der Waals surface area contributed by atoms with Gasteiger partial charge in [0.25, 0.3) is 0 Å². The molecular formula is C13H14ClN3. The molecule has 0 aliphatic carbocycles. The molecule has 3 nitrogen and oxygen atoms in total. The molecule has 0 spiro atoms. The average molecular weight is 248 g/mol. The average Bonchev–Trinajstić information content (AvgIpc) is 3.02. The van der Waals surface area contributed by atoms with Gasteiger partial charge >= 0.3 is 0 Å². The maximum Gasteiger partial charge on any atom is 0.0833 e. The van der Waals surface area contributed by atoms with Crippen LogP contribution in [0.3, 0.4) is 0 Å². The van der Waals surface area contributed by atoms with Crippen LogP contribution in [0.4, 0.5) is 5.69 Å². The van der Waals surface area contributed by atoms with Gasteiger partial charge in [-0.3, -0.25) is 0 Å². The molecule has 3 rings (SSSR count). The van der Waals surface area contributed by atoms with Crippen LogP contribution in [0, 0.1) is 0 Å². The number of rotatable bonds is 2. The zero-order valence-corrected chi connectivity index (χ0v) is 10.3. The lowest BCUT2D eigenvalue weighted by molar-refractivity contribution is 0.879. The van der Waals surface area contributed by atoms with E-state index in [0.717, 1.165) is 23.8 Å². The summed E-state index contributed by atoms with van der Waals surface area (Å²) in [6, 6.07) is 8.08. The van der Waals surface area contributed by atoms with Crippen molar-refractivity contribution in [1.29, 1.82) is 0 Å². The molecule has 1 aromatic heterocycles. The Morgan fingerprint density at radius 3 is 2.65 bits per heavy atom. The Kier molecular flexibility index (Phi) is 2.77. The van der Waals surface area contributed by atoms with Crippen LogP contribution >= 0.6 is 11.6 Å². The van der Waals surface area contributed by atoms with Gasteiger partial charge in [0.1, 0.15) is 0 Å². The molecule has 1 fully saturated rings. The van der Waals surface area contributed by atoms with E-state index in [-0.39, 0.29) is 0 Å². The summed E-state index contributed by atoms with van der Waals surface area (Å²) in [5.41, 5.74) is 2.14. The lowest BCUT2D eigenvalue weighted by atomic mass is 10.2. The molecule has 88 valence electrons. The number of halogens is 1. The minimum atomic E-state index is 0.748. The van der Waals surface area contributed by atoms with Crippen molar-refractivity contribution >= 4 is 17.3 Å². The van der Waals surface area contributed by atoms with E-state index in [1.54, 1.807) is 10.9 Å². The summed E-state index contributed by atoms with van der Waals surface area (Å²) >= 11 is 6.31. The first-order valence-corrected chi connectivity index (χ1v) is 6.27. The summed E-state index contributed by atoms with van der Waals surface area (Å²) in [5.74, 6) is 0. The fraction of sp³-hybridized carbons (Fsp3) is 0.308. The van der Waals surface area contributed by atoms with E-state index in [1.165, 1.54) is 18.5 Å². The van der Waals surface area contributed by atoms with E-state index in [4.69, 9.17) is 11.6 Å². The summed E-state index contributed by atoms with van der Waals surface area (Å²) in [4.78, 5) is 2.37. The first-order valence-electron chi connectivity index (χ1n) is 5.89. The van der Waals surface area contributed by atoms with Gasteiger partial charge in [-0.25, -0.2) is 4.68 Å². The topological polar surface area (TPSA) is 21.1 Å². The molecule has 0 atom stereocenters. The van der Waals surface area contributed by atoms with Crippen LogP contribution in [0.15, 0.2) is 36.7 Å². The molecule has 1 aliphatic rings. The van der Waals surface area contributed by atoms with Crippen LogP contribution in [0.25, 0.3) is 5.69 Å². The van der Waals surface area contributed by atoms with E-state index < -0.39 is 0 Å². The number of benzene rings is 1. The van der Waals surface area contributed by atoms with Crippen LogP contribution < -0.4 is 4.90 Å². The third-order valence-corrected chi connectivity index (χ3v) is 3.46. The monoisotopic (exact) mass is 247 g/mol. The second-order valence-corrected chi connectivity index (χ2v) is 4.69. The highest BCUT2D eigenvalue weighted by atomic mass is 35.5. The standard InChI is InChI=1S/C13H14ClN3/c14-12-10-11(16-7-1-2-8-16)4-5-13(12)17-9-3-6-15-17/h3-6,9-10H,1-2,7-8H2. The molecule has 1 aliphatic heterocycles. The van der Waals surface area contributed by atoms with Crippen LogP contribution in [0.2, 0.25) is 5.02 Å². The summed E-state index contributed by atoms with van der Waals surface area (Å²) in [5, 5.41) is 4.94. The highest BCUT2D eigenvalue weighted by Gasteiger charge is 2.13. The minimum Gasteiger partial charge on any atom is -0.371 e. The van der Waals surface area contributed by atoms with Crippen LogP contribution in [-0.4, -0.2) is 22.9 Å². The quantitative estimate of drug-likeness (QED) is 0.813. The normalized spacial score (nSPS) is 15.5. The SMILES string of the molecule is Clc1cc(N2CCCC2)ccc1-n1cccn1. The van der Waals surface area contributed by atoms with Gasteiger partial charge in [-0.05, 0) is 37.1 Å². The molecule has 0 amide bonds. The van der Waals surface area contributed by atoms with Crippen molar-refractivity contribution in [2.75, 3.05) is 18.0 Å². The van der Waals surface area contributed by atoms with Crippen molar-refractivity contribution in [2.24, 2.45) is 0 Å². The molecule has 0 unspecified atom stereocenters. The Bertz CT molecular complexity index is 501. The molecule has 0 saturated carbocycles. The van der Waals surface area contributed by atoms with Gasteiger partial charge in [-0.15, -0.1) is 0 Å². The van der Waals surface area contributed by atoms with E-state index in [0.29, 0.717) is 0 Å². The summed E-state index contributed by atoms with van der Waals surface area (Å²) < 4.78 is 1.79. The number of hydrogen-bond donors (Lipinski definition) is 0. The maximum absolute atomic E-state index is 6.31. The van der Waals surface area contributed by atoms with E-state index in [9.17, 15) is 0 Å². The van der Waals surface area contributed by atoms with Gasteiger partial charge in [-0.1, -0.05) is 11.6 Å². The third-order valence-electron chi connectivity index (χ3n) is 3.15. The smallest absolute Gasteiger partial charge is 0.0833 e. The predicted molar refractivity (Wildman–Crippen MR) is 70.0 cm³/mol. The zero-order chi connectivity index (χ0) is 11.7. The van der Waals surface area contributed by atoms with Crippen molar-refractivity contribution in [3.63, 3.8) is 0 Å². The fourth-order valence-corrected chi connectivity index (χ4v) is 2.53. The van der Waals surface area contributed by atoms with E-state index >= 15 is 0 Å². The van der Waals surface area contributed by atoms with Crippen molar-refractivity contribution in [3.8, 4) is 5.69 Å². The molecule has 0 N–H and O–H groups in total. The first kappa shape index (κ1) is 10.7.